The Morgan fingerprint density at radius 1 is 1.22 bits per heavy atom. The monoisotopic (exact) mass is 375 g/mol. The lowest BCUT2D eigenvalue weighted by molar-refractivity contribution is 0.380. The van der Waals surface area contributed by atoms with Crippen molar-refractivity contribution in [2.24, 2.45) is 4.99 Å². The van der Waals surface area contributed by atoms with Crippen molar-refractivity contribution >= 4 is 11.6 Å². The predicted molar refractivity (Wildman–Crippen MR) is 108 cm³/mol. The van der Waals surface area contributed by atoms with Crippen molar-refractivity contribution in [3.8, 4) is 0 Å². The fourth-order valence-electron chi connectivity index (χ4n) is 2.94. The van der Waals surface area contributed by atoms with E-state index >= 15 is 0 Å². The van der Waals surface area contributed by atoms with Gasteiger partial charge in [-0.15, -0.1) is 0 Å². The summed E-state index contributed by atoms with van der Waals surface area (Å²) in [5.74, 6) is 1.45. The molecule has 0 bridgehead atoms. The standard InChI is InChI=1S/C20H30FN5O/c1-5-17-15(19(6-2)27-25-17)14-24-20(22-3)23-12-9-13-26(4)18-11-8-7-10-16(18)21/h7-8,10-11H,5-6,9,12-14H2,1-4H3,(H2,22,23,24). The van der Waals surface area contributed by atoms with Crippen molar-refractivity contribution in [1.82, 2.24) is 15.8 Å². The summed E-state index contributed by atoms with van der Waals surface area (Å²) >= 11 is 0. The van der Waals surface area contributed by atoms with Crippen LogP contribution in [-0.4, -0.2) is 38.3 Å². The molecule has 0 fully saturated rings. The van der Waals surface area contributed by atoms with Gasteiger partial charge in [0.05, 0.1) is 11.4 Å². The minimum Gasteiger partial charge on any atom is -0.372 e. The molecule has 0 aliphatic rings. The number of benzene rings is 1. The maximum absolute atomic E-state index is 13.8. The van der Waals surface area contributed by atoms with Crippen LogP contribution in [0.2, 0.25) is 0 Å². The molecule has 0 aliphatic heterocycles. The third-order valence-corrected chi connectivity index (χ3v) is 4.49. The number of hydrogen-bond acceptors (Lipinski definition) is 4. The molecular weight excluding hydrogens is 345 g/mol. The van der Waals surface area contributed by atoms with E-state index in [-0.39, 0.29) is 5.82 Å². The van der Waals surface area contributed by atoms with Gasteiger partial charge in [-0.1, -0.05) is 31.1 Å². The van der Waals surface area contributed by atoms with E-state index in [4.69, 9.17) is 4.52 Å². The zero-order chi connectivity index (χ0) is 19.6. The van der Waals surface area contributed by atoms with E-state index in [0.717, 1.165) is 55.3 Å². The summed E-state index contributed by atoms with van der Waals surface area (Å²) < 4.78 is 19.2. The van der Waals surface area contributed by atoms with Gasteiger partial charge in [0.2, 0.25) is 0 Å². The Bertz CT molecular complexity index is 722. The van der Waals surface area contributed by atoms with Gasteiger partial charge in [-0.05, 0) is 25.0 Å². The molecule has 0 saturated heterocycles. The molecule has 0 aliphatic carbocycles. The average molecular weight is 375 g/mol. The van der Waals surface area contributed by atoms with Gasteiger partial charge in [0.25, 0.3) is 0 Å². The number of aryl methyl sites for hydroxylation is 2. The van der Waals surface area contributed by atoms with Crippen LogP contribution in [0.1, 0.15) is 37.3 Å². The molecule has 1 aromatic heterocycles. The fraction of sp³-hybridized carbons (Fsp3) is 0.500. The topological polar surface area (TPSA) is 65.7 Å². The third-order valence-electron chi connectivity index (χ3n) is 4.49. The molecule has 2 N–H and O–H groups in total. The van der Waals surface area contributed by atoms with E-state index in [1.54, 1.807) is 19.2 Å². The number of hydrogen-bond donors (Lipinski definition) is 2. The maximum atomic E-state index is 13.8. The van der Waals surface area contributed by atoms with Gasteiger partial charge in [0.1, 0.15) is 11.6 Å². The van der Waals surface area contributed by atoms with E-state index in [0.29, 0.717) is 12.2 Å². The van der Waals surface area contributed by atoms with E-state index in [9.17, 15) is 4.39 Å². The molecule has 0 amide bonds. The summed E-state index contributed by atoms with van der Waals surface area (Å²) in [6.07, 6.45) is 2.52. The minimum absolute atomic E-state index is 0.197. The summed E-state index contributed by atoms with van der Waals surface area (Å²) in [6.45, 7) is 6.24. The van der Waals surface area contributed by atoms with Crippen molar-refractivity contribution in [3.63, 3.8) is 0 Å². The second-order valence-electron chi connectivity index (χ2n) is 6.32. The molecule has 2 rings (SSSR count). The normalized spacial score (nSPS) is 11.5. The Morgan fingerprint density at radius 2 is 2.00 bits per heavy atom. The lowest BCUT2D eigenvalue weighted by Gasteiger charge is -2.20. The molecule has 0 atom stereocenters. The molecule has 1 heterocycles. The average Bonchev–Trinajstić information content (AvgIpc) is 3.09. The molecule has 2 aromatic rings. The molecule has 148 valence electrons. The van der Waals surface area contributed by atoms with Crippen LogP contribution in [0.5, 0.6) is 0 Å². The molecule has 0 saturated carbocycles. The number of para-hydroxylation sites is 1. The molecular formula is C20H30FN5O. The largest absolute Gasteiger partial charge is 0.372 e. The third kappa shape index (κ3) is 5.70. The van der Waals surface area contributed by atoms with Gasteiger partial charge < -0.3 is 20.1 Å². The maximum Gasteiger partial charge on any atom is 0.191 e. The van der Waals surface area contributed by atoms with Gasteiger partial charge in [0.15, 0.2) is 5.96 Å². The molecule has 0 spiro atoms. The number of nitrogens with one attached hydrogen (secondary N) is 2. The zero-order valence-electron chi connectivity index (χ0n) is 16.7. The number of nitrogens with zero attached hydrogens (tertiary/aromatic N) is 3. The first-order chi connectivity index (χ1) is 13.1. The quantitative estimate of drug-likeness (QED) is 0.400. The highest BCUT2D eigenvalue weighted by Gasteiger charge is 2.13. The number of rotatable bonds is 9. The smallest absolute Gasteiger partial charge is 0.191 e. The van der Waals surface area contributed by atoms with Crippen molar-refractivity contribution in [2.45, 2.75) is 39.7 Å². The summed E-state index contributed by atoms with van der Waals surface area (Å²) in [5.41, 5.74) is 2.72. The van der Waals surface area contributed by atoms with Crippen molar-refractivity contribution < 1.29 is 8.91 Å². The van der Waals surface area contributed by atoms with E-state index in [1.807, 2.05) is 18.0 Å². The molecule has 1 aromatic carbocycles. The zero-order valence-corrected chi connectivity index (χ0v) is 16.7. The number of aliphatic imine (C=N–C) groups is 1. The van der Waals surface area contributed by atoms with Gasteiger partial charge in [-0.25, -0.2) is 4.39 Å². The summed E-state index contributed by atoms with van der Waals surface area (Å²) in [5, 5.41) is 10.7. The second kappa shape index (κ2) is 10.5. The SMILES string of the molecule is CCc1noc(CC)c1CNC(=NC)NCCCN(C)c1ccccc1F. The minimum atomic E-state index is -0.197. The molecule has 7 heteroatoms. The first-order valence-corrected chi connectivity index (χ1v) is 9.47. The van der Waals surface area contributed by atoms with Gasteiger partial charge in [-0.3, -0.25) is 4.99 Å². The molecule has 6 nitrogen and oxygen atoms in total. The van der Waals surface area contributed by atoms with Crippen molar-refractivity contribution in [3.05, 3.63) is 47.1 Å². The van der Waals surface area contributed by atoms with E-state index < -0.39 is 0 Å². The molecule has 27 heavy (non-hydrogen) atoms. The molecule has 0 radical (unpaired) electrons. The van der Waals surface area contributed by atoms with Crippen LogP contribution >= 0.6 is 0 Å². The van der Waals surface area contributed by atoms with Crippen LogP contribution in [0.15, 0.2) is 33.8 Å². The summed E-state index contributed by atoms with van der Waals surface area (Å²) in [7, 11) is 3.64. The Morgan fingerprint density at radius 3 is 2.67 bits per heavy atom. The Kier molecular flexibility index (Phi) is 8.10. The van der Waals surface area contributed by atoms with Crippen LogP contribution in [-0.2, 0) is 19.4 Å². The van der Waals surface area contributed by atoms with Crippen molar-refractivity contribution in [2.75, 3.05) is 32.1 Å². The number of halogens is 1. The van der Waals surface area contributed by atoms with Crippen LogP contribution in [0.4, 0.5) is 10.1 Å². The Balaban J connectivity index is 1.78. The summed E-state index contributed by atoms with van der Waals surface area (Å²) in [6, 6.07) is 6.82. The lowest BCUT2D eigenvalue weighted by Crippen LogP contribution is -2.38. The number of guanidine groups is 1. The Hall–Kier alpha value is -2.57. The van der Waals surface area contributed by atoms with Gasteiger partial charge in [-0.2, -0.15) is 0 Å². The highest BCUT2D eigenvalue weighted by Crippen LogP contribution is 2.17. The lowest BCUT2D eigenvalue weighted by atomic mass is 10.1. The van der Waals surface area contributed by atoms with Crippen molar-refractivity contribution in [1.29, 1.82) is 0 Å². The highest BCUT2D eigenvalue weighted by atomic mass is 19.1. The second-order valence-corrected chi connectivity index (χ2v) is 6.32. The summed E-state index contributed by atoms with van der Waals surface area (Å²) in [4.78, 5) is 6.18. The highest BCUT2D eigenvalue weighted by molar-refractivity contribution is 5.79. The number of aromatic nitrogens is 1. The van der Waals surface area contributed by atoms with Crippen LogP contribution in [0.25, 0.3) is 0 Å². The van der Waals surface area contributed by atoms with E-state index in [1.165, 1.54) is 6.07 Å². The molecule has 0 unspecified atom stereocenters. The Labute approximate surface area is 160 Å². The van der Waals surface area contributed by atoms with Crippen LogP contribution in [0, 0.1) is 5.82 Å². The van der Waals surface area contributed by atoms with Crippen LogP contribution < -0.4 is 15.5 Å². The fourth-order valence-corrected chi connectivity index (χ4v) is 2.94. The van der Waals surface area contributed by atoms with E-state index in [2.05, 4.69) is 34.6 Å². The predicted octanol–water partition coefficient (Wildman–Crippen LogP) is 3.13. The van der Waals surface area contributed by atoms with Gasteiger partial charge >= 0.3 is 0 Å². The first-order valence-electron chi connectivity index (χ1n) is 9.47. The van der Waals surface area contributed by atoms with Gasteiger partial charge in [0, 0.05) is 45.7 Å². The number of anilines is 1. The van der Waals surface area contributed by atoms with Crippen LogP contribution in [0.3, 0.4) is 0 Å². The first kappa shape index (κ1) is 20.7.